The van der Waals surface area contributed by atoms with Crippen LogP contribution in [0.25, 0.3) is 0 Å². The molecule has 0 spiro atoms. The van der Waals surface area contributed by atoms with E-state index in [9.17, 15) is 22.0 Å². The molecule has 0 aromatic heterocycles. The zero-order chi connectivity index (χ0) is 35.2. The lowest BCUT2D eigenvalue weighted by Gasteiger charge is -2.25. The summed E-state index contributed by atoms with van der Waals surface area (Å²) in [7, 11) is -6.28. The fraction of sp³-hybridized carbons (Fsp3) is 0.472. The minimum absolute atomic E-state index is 0.0176. The number of aryl methyl sites for hydroxylation is 2. The first-order valence-corrected chi connectivity index (χ1v) is 18.6. The largest absolute Gasteiger partial charge is 0.424 e. The summed E-state index contributed by atoms with van der Waals surface area (Å²) in [6.07, 6.45) is 1.09. The summed E-state index contributed by atoms with van der Waals surface area (Å²) in [5, 5.41) is -4.59. The van der Waals surface area contributed by atoms with Crippen molar-refractivity contribution in [2.24, 2.45) is 0 Å². The zero-order valence-electron chi connectivity index (χ0n) is 28.2. The van der Waals surface area contributed by atoms with Crippen molar-refractivity contribution >= 4 is 27.0 Å². The van der Waals surface area contributed by atoms with Gasteiger partial charge in [0.15, 0.2) is 20.5 Å². The number of fused-ring (bicyclic) bond motifs is 1. The molecule has 3 aromatic rings. The Bertz CT molecular complexity index is 1720. The Morgan fingerprint density at radius 1 is 0.958 bits per heavy atom. The Balaban J connectivity index is 1.42. The van der Waals surface area contributed by atoms with Crippen molar-refractivity contribution in [2.75, 3.05) is 6.61 Å². The van der Waals surface area contributed by atoms with Gasteiger partial charge in [0, 0.05) is 17.7 Å². The van der Waals surface area contributed by atoms with E-state index in [-0.39, 0.29) is 23.4 Å². The van der Waals surface area contributed by atoms with Gasteiger partial charge in [-0.05, 0) is 105 Å². The first kappa shape index (κ1) is 36.4. The van der Waals surface area contributed by atoms with E-state index in [2.05, 4.69) is 69.3 Å². The van der Waals surface area contributed by atoms with E-state index >= 15 is 0 Å². The van der Waals surface area contributed by atoms with Crippen molar-refractivity contribution < 1.29 is 45.5 Å². The molecule has 0 bridgehead atoms. The van der Waals surface area contributed by atoms with Crippen LogP contribution in [-0.4, -0.2) is 49.1 Å². The van der Waals surface area contributed by atoms with Crippen molar-refractivity contribution in [3.63, 3.8) is 0 Å². The molecule has 0 radical (unpaired) electrons. The molecule has 12 heteroatoms. The van der Waals surface area contributed by atoms with Gasteiger partial charge in [-0.3, -0.25) is 4.55 Å². The Labute approximate surface area is 284 Å². The maximum Gasteiger partial charge on any atom is 0.394 e. The summed E-state index contributed by atoms with van der Waals surface area (Å²) in [6.45, 7) is 11.8. The molecule has 1 saturated heterocycles. The Hall–Kier alpha value is -2.87. The van der Waals surface area contributed by atoms with E-state index in [1.165, 1.54) is 5.56 Å². The van der Waals surface area contributed by atoms with Gasteiger partial charge in [0.2, 0.25) is 0 Å². The Kier molecular flexibility index (Phi) is 10.2. The molecule has 1 aliphatic heterocycles. The van der Waals surface area contributed by atoms with E-state index < -0.39 is 50.7 Å². The molecule has 1 heterocycles. The van der Waals surface area contributed by atoms with Gasteiger partial charge in [-0.2, -0.15) is 17.2 Å². The van der Waals surface area contributed by atoms with Crippen LogP contribution < -0.4 is 4.74 Å². The highest BCUT2D eigenvalue weighted by Crippen LogP contribution is 2.44. The third kappa shape index (κ3) is 7.49. The molecule has 8 nitrogen and oxygen atoms in total. The maximum absolute atomic E-state index is 13.9. The molecule has 0 amide bonds. The summed E-state index contributed by atoms with van der Waals surface area (Å²) in [6, 6.07) is 20.8. The predicted octanol–water partition coefficient (Wildman–Crippen LogP) is 7.63. The number of hydrogen-bond donors (Lipinski definition) is 1. The van der Waals surface area contributed by atoms with Gasteiger partial charge in [0.1, 0.15) is 18.5 Å². The van der Waals surface area contributed by atoms with Crippen LogP contribution in [0.3, 0.4) is 0 Å². The second-order valence-electron chi connectivity index (χ2n) is 13.6. The van der Waals surface area contributed by atoms with Crippen LogP contribution in [0.1, 0.15) is 76.1 Å². The molecule has 48 heavy (non-hydrogen) atoms. The van der Waals surface area contributed by atoms with E-state index in [0.717, 1.165) is 46.4 Å². The maximum atomic E-state index is 13.9. The minimum atomic E-state index is -5.73. The first-order chi connectivity index (χ1) is 22.3. The number of carbonyl (C=O) groups is 1. The number of rotatable bonds is 10. The average molecular weight is 706 g/mol. The standard InChI is InChI=1S/C36H42F2O8S2/c1-22-19-29(20-23(2)33(22)44-32(39)21-43-24(3)36(37,38)48(40,41)42)47(27-15-11-25(12-16-27)34(4,5)6)28-17-13-26(14-18-28)35(7)45-30-9-8-10-31(30)46-35/h11-20,24,30-31H,8-10,21H2,1-7H3/p+1. The topological polar surface area (TPSA) is 108 Å². The molecule has 2 aliphatic rings. The van der Waals surface area contributed by atoms with Crippen molar-refractivity contribution in [3.8, 4) is 5.75 Å². The zero-order valence-corrected chi connectivity index (χ0v) is 29.8. The highest BCUT2D eigenvalue weighted by Gasteiger charge is 2.51. The second kappa shape index (κ2) is 13.4. The van der Waals surface area contributed by atoms with Gasteiger partial charge in [0.25, 0.3) is 0 Å². The smallest absolute Gasteiger partial charge is 0.394 e. The molecule has 4 atom stereocenters. The van der Waals surface area contributed by atoms with Gasteiger partial charge in [-0.25, -0.2) is 4.79 Å². The van der Waals surface area contributed by atoms with Crippen molar-refractivity contribution in [1.29, 1.82) is 0 Å². The number of hydrogen-bond acceptors (Lipinski definition) is 7. The Morgan fingerprint density at radius 2 is 1.46 bits per heavy atom. The highest BCUT2D eigenvalue weighted by atomic mass is 32.2. The molecule has 1 saturated carbocycles. The highest BCUT2D eigenvalue weighted by molar-refractivity contribution is 7.97. The third-order valence-electron chi connectivity index (χ3n) is 8.87. The lowest BCUT2D eigenvalue weighted by atomic mass is 9.87. The van der Waals surface area contributed by atoms with Crippen LogP contribution in [0.4, 0.5) is 8.78 Å². The summed E-state index contributed by atoms with van der Waals surface area (Å²) in [5.74, 6) is -1.55. The van der Waals surface area contributed by atoms with Crippen LogP contribution in [0.5, 0.6) is 5.75 Å². The van der Waals surface area contributed by atoms with Gasteiger partial charge >= 0.3 is 21.3 Å². The van der Waals surface area contributed by atoms with Crippen LogP contribution >= 0.6 is 0 Å². The third-order valence-corrected chi connectivity index (χ3v) is 12.1. The number of halogens is 2. The monoisotopic (exact) mass is 705 g/mol. The van der Waals surface area contributed by atoms with Crippen molar-refractivity contribution in [1.82, 2.24) is 0 Å². The van der Waals surface area contributed by atoms with Crippen LogP contribution in [-0.2, 0) is 51.2 Å². The van der Waals surface area contributed by atoms with Crippen LogP contribution in [0, 0.1) is 13.8 Å². The lowest BCUT2D eigenvalue weighted by molar-refractivity contribution is -0.174. The van der Waals surface area contributed by atoms with Crippen LogP contribution in [0.15, 0.2) is 75.4 Å². The number of ether oxygens (including phenoxy) is 4. The van der Waals surface area contributed by atoms with Gasteiger partial charge in [-0.15, -0.1) is 0 Å². The number of alkyl halides is 2. The molecule has 260 valence electrons. The SMILES string of the molecule is Cc1cc([S+](c2ccc(C(C)(C)C)cc2)c2ccc(C3(C)OC4CCCC4O3)cc2)cc(C)c1OC(=O)COC(C)C(F)(F)S(=O)(=O)O. The molecule has 2 fully saturated rings. The van der Waals surface area contributed by atoms with Gasteiger partial charge < -0.3 is 18.9 Å². The summed E-state index contributed by atoms with van der Waals surface area (Å²) >= 11 is 0. The predicted molar refractivity (Wildman–Crippen MR) is 178 cm³/mol. The molecule has 1 N–H and O–H groups in total. The normalized spacial score (nSPS) is 22.7. The summed E-state index contributed by atoms with van der Waals surface area (Å²) < 4.78 is 81.5. The van der Waals surface area contributed by atoms with Crippen LogP contribution in [0.2, 0.25) is 0 Å². The molecule has 1 aliphatic carbocycles. The van der Waals surface area contributed by atoms with E-state index in [0.29, 0.717) is 11.1 Å². The molecule has 4 unspecified atom stereocenters. The number of carbonyl (C=O) groups excluding carboxylic acids is 1. The summed E-state index contributed by atoms with van der Waals surface area (Å²) in [4.78, 5) is 15.7. The number of benzene rings is 3. The second-order valence-corrected chi connectivity index (χ2v) is 17.2. The van der Waals surface area contributed by atoms with E-state index in [1.54, 1.807) is 13.8 Å². The molecule has 5 rings (SSSR count). The quantitative estimate of drug-likeness (QED) is 0.0994. The summed E-state index contributed by atoms with van der Waals surface area (Å²) in [5.41, 5.74) is 3.42. The first-order valence-electron chi connectivity index (χ1n) is 15.9. The fourth-order valence-corrected chi connectivity index (χ4v) is 8.84. The van der Waals surface area contributed by atoms with Crippen molar-refractivity contribution in [2.45, 2.75) is 117 Å². The molecule has 3 aromatic carbocycles. The number of esters is 1. The lowest BCUT2D eigenvalue weighted by Crippen LogP contribution is -2.42. The van der Waals surface area contributed by atoms with E-state index in [4.69, 9.17) is 23.5 Å². The molecular formula is C36H43F2O8S2+. The molecular weight excluding hydrogens is 663 g/mol. The Morgan fingerprint density at radius 3 is 1.94 bits per heavy atom. The van der Waals surface area contributed by atoms with Gasteiger partial charge in [-0.1, -0.05) is 32.9 Å². The van der Waals surface area contributed by atoms with Crippen molar-refractivity contribution in [3.05, 3.63) is 82.9 Å². The van der Waals surface area contributed by atoms with E-state index in [1.807, 2.05) is 19.1 Å². The fourth-order valence-electron chi connectivity index (χ4n) is 6.13. The van der Waals surface area contributed by atoms with Gasteiger partial charge in [0.05, 0.1) is 23.1 Å². The minimum Gasteiger partial charge on any atom is -0.424 e. The average Bonchev–Trinajstić information content (AvgIpc) is 3.56.